The van der Waals surface area contributed by atoms with Gasteiger partial charge >= 0.3 is 0 Å². The number of rotatable bonds is 5. The second-order valence-corrected chi connectivity index (χ2v) is 8.99. The number of amides is 4. The van der Waals surface area contributed by atoms with E-state index in [1.807, 2.05) is 19.1 Å². The monoisotopic (exact) mass is 511 g/mol. The molecule has 2 aliphatic heterocycles. The first kappa shape index (κ1) is 24.1. The summed E-state index contributed by atoms with van der Waals surface area (Å²) in [5.74, 6) is -1.50. The molecular weight excluding hydrogens is 490 g/mol. The number of benzene rings is 3. The van der Waals surface area contributed by atoms with Gasteiger partial charge in [-0.2, -0.15) is 0 Å². The van der Waals surface area contributed by atoms with Crippen LogP contribution in [0.3, 0.4) is 0 Å². The molecule has 1 fully saturated rings. The van der Waals surface area contributed by atoms with Gasteiger partial charge in [-0.3, -0.25) is 34.3 Å². The highest BCUT2D eigenvalue weighted by molar-refractivity contribution is 7.80. The third-order valence-corrected chi connectivity index (χ3v) is 6.50. The Labute approximate surface area is 218 Å². The summed E-state index contributed by atoms with van der Waals surface area (Å²) in [5.41, 5.74) is 3.20. The Balaban J connectivity index is 1.47. The molecule has 5 rings (SSSR count). The Hall–Kier alpha value is -4.63. The molecule has 37 heavy (non-hydrogen) atoms. The maximum Gasteiger partial charge on any atom is 0.270 e. The van der Waals surface area contributed by atoms with Gasteiger partial charge in [0.15, 0.2) is 5.11 Å². The average molecular weight is 512 g/mol. The zero-order valence-corrected chi connectivity index (χ0v) is 20.8. The summed E-state index contributed by atoms with van der Waals surface area (Å²) >= 11 is 5.26. The number of carbonyl (C=O) groups is 4. The molecule has 0 aromatic heterocycles. The SMILES string of the molecule is COc1ccc(C=C2C(=O)NC(=S)N(c3ccc(C)cc3)C2=O)cc1CN1C(=O)c2ccccc2C1=O. The van der Waals surface area contributed by atoms with Crippen LogP contribution in [0.2, 0.25) is 0 Å². The van der Waals surface area contributed by atoms with Gasteiger partial charge in [0.05, 0.1) is 30.5 Å². The van der Waals surface area contributed by atoms with Gasteiger partial charge in [-0.25, -0.2) is 0 Å². The first-order chi connectivity index (χ1) is 17.8. The molecule has 0 radical (unpaired) electrons. The Morgan fingerprint density at radius 1 is 0.892 bits per heavy atom. The Bertz CT molecular complexity index is 1490. The number of hydrogen-bond acceptors (Lipinski definition) is 6. The zero-order valence-electron chi connectivity index (χ0n) is 20.0. The predicted octanol–water partition coefficient (Wildman–Crippen LogP) is 3.63. The third-order valence-electron chi connectivity index (χ3n) is 6.22. The highest BCUT2D eigenvalue weighted by atomic mass is 32.1. The second kappa shape index (κ2) is 9.44. The quantitative estimate of drug-likeness (QED) is 0.243. The number of fused-ring (bicyclic) bond motifs is 1. The van der Waals surface area contributed by atoms with E-state index in [9.17, 15) is 19.2 Å². The van der Waals surface area contributed by atoms with Gasteiger partial charge < -0.3 is 4.74 Å². The van der Waals surface area contributed by atoms with Crippen molar-refractivity contribution >= 4 is 52.7 Å². The van der Waals surface area contributed by atoms with E-state index in [1.165, 1.54) is 18.1 Å². The van der Waals surface area contributed by atoms with Gasteiger partial charge in [0.1, 0.15) is 11.3 Å². The van der Waals surface area contributed by atoms with E-state index < -0.39 is 23.6 Å². The minimum Gasteiger partial charge on any atom is -0.496 e. The van der Waals surface area contributed by atoms with Crippen molar-refractivity contribution in [1.82, 2.24) is 10.2 Å². The number of imide groups is 1. The number of hydrogen-bond donors (Lipinski definition) is 1. The average Bonchev–Trinajstić information content (AvgIpc) is 3.12. The van der Waals surface area contributed by atoms with Crippen molar-refractivity contribution in [1.29, 1.82) is 0 Å². The van der Waals surface area contributed by atoms with E-state index >= 15 is 0 Å². The van der Waals surface area contributed by atoms with E-state index in [4.69, 9.17) is 17.0 Å². The van der Waals surface area contributed by atoms with Gasteiger partial charge in [-0.05, 0) is 67.2 Å². The van der Waals surface area contributed by atoms with Crippen molar-refractivity contribution in [3.05, 3.63) is 100 Å². The molecule has 9 heteroatoms. The molecule has 0 bridgehead atoms. The molecule has 184 valence electrons. The van der Waals surface area contributed by atoms with E-state index in [0.717, 1.165) is 10.5 Å². The topological polar surface area (TPSA) is 96.0 Å². The second-order valence-electron chi connectivity index (χ2n) is 8.61. The maximum atomic E-state index is 13.3. The lowest BCUT2D eigenvalue weighted by atomic mass is 10.0. The molecule has 1 saturated heterocycles. The molecule has 1 N–H and O–H groups in total. The van der Waals surface area contributed by atoms with Crippen molar-refractivity contribution < 1.29 is 23.9 Å². The lowest BCUT2D eigenvalue weighted by molar-refractivity contribution is -0.122. The summed E-state index contributed by atoms with van der Waals surface area (Å²) < 4.78 is 5.45. The molecule has 2 heterocycles. The highest BCUT2D eigenvalue weighted by Crippen LogP contribution is 2.29. The minimum atomic E-state index is -0.615. The fraction of sp³-hybridized carbons (Fsp3) is 0.107. The van der Waals surface area contributed by atoms with Gasteiger partial charge in [-0.1, -0.05) is 35.9 Å². The highest BCUT2D eigenvalue weighted by Gasteiger charge is 2.36. The number of carbonyl (C=O) groups excluding carboxylic acids is 4. The summed E-state index contributed by atoms with van der Waals surface area (Å²) in [6, 6.07) is 18.9. The third kappa shape index (κ3) is 4.30. The number of nitrogens with zero attached hydrogens (tertiary/aromatic N) is 2. The Kier molecular flexibility index (Phi) is 6.14. The fourth-order valence-electron chi connectivity index (χ4n) is 4.32. The molecular formula is C28H21N3O5S. The van der Waals surface area contributed by atoms with E-state index in [1.54, 1.807) is 54.6 Å². The zero-order chi connectivity index (χ0) is 26.3. The van der Waals surface area contributed by atoms with Crippen LogP contribution in [0.4, 0.5) is 5.69 Å². The molecule has 0 unspecified atom stereocenters. The maximum absolute atomic E-state index is 13.3. The molecule has 2 aliphatic rings. The summed E-state index contributed by atoms with van der Waals surface area (Å²) in [7, 11) is 1.48. The smallest absolute Gasteiger partial charge is 0.270 e. The first-order valence-corrected chi connectivity index (χ1v) is 11.8. The predicted molar refractivity (Wildman–Crippen MR) is 141 cm³/mol. The summed E-state index contributed by atoms with van der Waals surface area (Å²) in [6.45, 7) is 1.89. The van der Waals surface area contributed by atoms with Gasteiger partial charge in [0, 0.05) is 5.56 Å². The van der Waals surface area contributed by atoms with Crippen LogP contribution in [0.5, 0.6) is 5.75 Å². The molecule has 0 atom stereocenters. The lowest BCUT2D eigenvalue weighted by Crippen LogP contribution is -2.54. The van der Waals surface area contributed by atoms with Crippen LogP contribution >= 0.6 is 12.2 Å². The van der Waals surface area contributed by atoms with Gasteiger partial charge in [0.2, 0.25) is 0 Å². The minimum absolute atomic E-state index is 0.00273. The molecule has 0 aliphatic carbocycles. The van der Waals surface area contributed by atoms with Gasteiger partial charge in [-0.15, -0.1) is 0 Å². The number of ether oxygens (including phenoxy) is 1. The van der Waals surface area contributed by atoms with Crippen LogP contribution in [-0.2, 0) is 16.1 Å². The summed E-state index contributed by atoms with van der Waals surface area (Å²) in [4.78, 5) is 54.2. The number of anilines is 1. The summed E-state index contributed by atoms with van der Waals surface area (Å²) in [5, 5.41) is 2.57. The normalized spacial score (nSPS) is 16.4. The summed E-state index contributed by atoms with van der Waals surface area (Å²) in [6.07, 6.45) is 1.45. The fourth-order valence-corrected chi connectivity index (χ4v) is 4.60. The van der Waals surface area contributed by atoms with Crippen LogP contribution in [0.25, 0.3) is 6.08 Å². The molecule has 0 spiro atoms. The van der Waals surface area contributed by atoms with Crippen molar-refractivity contribution in [2.45, 2.75) is 13.5 Å². The van der Waals surface area contributed by atoms with Crippen LogP contribution < -0.4 is 15.0 Å². The van der Waals surface area contributed by atoms with Crippen LogP contribution in [0.15, 0.2) is 72.3 Å². The number of thiocarbonyl (C=S) groups is 1. The van der Waals surface area contributed by atoms with Crippen LogP contribution in [-0.4, -0.2) is 40.8 Å². The lowest BCUT2D eigenvalue weighted by Gasteiger charge is -2.29. The van der Waals surface area contributed by atoms with Gasteiger partial charge in [0.25, 0.3) is 23.6 Å². The number of nitrogens with one attached hydrogen (secondary N) is 1. The van der Waals surface area contributed by atoms with Crippen LogP contribution in [0, 0.1) is 6.92 Å². The van der Waals surface area contributed by atoms with Crippen molar-refractivity contribution in [3.8, 4) is 5.75 Å². The Morgan fingerprint density at radius 3 is 2.16 bits per heavy atom. The number of aryl methyl sites for hydroxylation is 1. The van der Waals surface area contributed by atoms with Crippen molar-refractivity contribution in [3.63, 3.8) is 0 Å². The Morgan fingerprint density at radius 2 is 1.54 bits per heavy atom. The molecule has 0 saturated carbocycles. The largest absolute Gasteiger partial charge is 0.496 e. The van der Waals surface area contributed by atoms with E-state index in [2.05, 4.69) is 5.32 Å². The first-order valence-electron chi connectivity index (χ1n) is 11.4. The van der Waals surface area contributed by atoms with Crippen molar-refractivity contribution in [2.75, 3.05) is 12.0 Å². The number of methoxy groups -OCH3 is 1. The molecule has 8 nitrogen and oxygen atoms in total. The molecule has 3 aromatic carbocycles. The molecule has 4 amide bonds. The van der Waals surface area contributed by atoms with Crippen LogP contribution in [0.1, 0.15) is 37.4 Å². The van der Waals surface area contributed by atoms with E-state index in [0.29, 0.717) is 33.7 Å². The standard InChI is InChI=1S/C28H21N3O5S/c1-16-7-10-19(11-8-16)31-27(35)22(24(32)29-28(31)37)14-17-9-12-23(36-2)18(13-17)15-30-25(33)20-5-3-4-6-21(20)26(30)34/h3-14H,15H2,1-2H3,(H,29,32,37). The van der Waals surface area contributed by atoms with Crippen molar-refractivity contribution in [2.24, 2.45) is 0 Å². The van der Waals surface area contributed by atoms with E-state index in [-0.39, 0.29) is 17.2 Å². The molecule has 3 aromatic rings.